The first-order chi connectivity index (χ1) is 6.38. The maximum atomic E-state index is 6.10. The van der Waals surface area contributed by atoms with Gasteiger partial charge in [-0.1, -0.05) is 38.5 Å². The number of nitrogens with one attached hydrogen (secondary N) is 1. The van der Waals surface area contributed by atoms with Gasteiger partial charge in [-0.15, -0.1) is 0 Å². The topological polar surface area (TPSA) is 38.0 Å². The van der Waals surface area contributed by atoms with E-state index >= 15 is 0 Å². The highest BCUT2D eigenvalue weighted by atomic mass is 15.0. The minimum Gasteiger partial charge on any atom is -0.326 e. The smallest absolute Gasteiger partial charge is 0.0208 e. The Morgan fingerprint density at radius 3 is 2.15 bits per heavy atom. The third-order valence-corrected chi connectivity index (χ3v) is 3.82. The number of rotatable bonds is 1. The van der Waals surface area contributed by atoms with Gasteiger partial charge in [0.15, 0.2) is 0 Å². The van der Waals surface area contributed by atoms with E-state index in [1.807, 2.05) is 0 Å². The van der Waals surface area contributed by atoms with E-state index in [1.165, 1.54) is 45.1 Å². The van der Waals surface area contributed by atoms with Crippen LogP contribution < -0.4 is 11.1 Å². The van der Waals surface area contributed by atoms with Gasteiger partial charge >= 0.3 is 0 Å². The lowest BCUT2D eigenvalue weighted by Crippen LogP contribution is -2.33. The monoisotopic (exact) mass is 182 g/mol. The van der Waals surface area contributed by atoms with Crippen LogP contribution in [-0.2, 0) is 0 Å². The summed E-state index contributed by atoms with van der Waals surface area (Å²) in [5, 5.41) is 3.41. The van der Waals surface area contributed by atoms with Crippen molar-refractivity contribution in [2.24, 2.45) is 17.6 Å². The predicted octanol–water partition coefficient (Wildman–Crippen LogP) is 1.50. The molecule has 1 heterocycles. The van der Waals surface area contributed by atoms with Gasteiger partial charge in [-0.25, -0.2) is 0 Å². The molecular weight excluding hydrogens is 160 g/mol. The van der Waals surface area contributed by atoms with E-state index in [9.17, 15) is 0 Å². The summed E-state index contributed by atoms with van der Waals surface area (Å²) in [6.07, 6.45) is 8.64. The third kappa shape index (κ3) is 2.23. The van der Waals surface area contributed by atoms with E-state index in [0.29, 0.717) is 6.04 Å². The Bertz CT molecular complexity index is 150. The average Bonchev–Trinajstić information content (AvgIpc) is 2.43. The fraction of sp³-hybridized carbons (Fsp3) is 1.00. The van der Waals surface area contributed by atoms with Crippen LogP contribution in [0, 0.1) is 11.8 Å². The van der Waals surface area contributed by atoms with E-state index in [-0.39, 0.29) is 0 Å². The molecule has 2 atom stereocenters. The molecule has 13 heavy (non-hydrogen) atoms. The third-order valence-electron chi connectivity index (χ3n) is 3.82. The number of nitrogens with two attached hydrogens (primary N) is 1. The molecular formula is C11H22N2. The molecule has 0 aromatic heterocycles. The van der Waals surface area contributed by atoms with Crippen LogP contribution in [0.25, 0.3) is 0 Å². The molecule has 2 unspecified atom stereocenters. The molecule has 2 nitrogen and oxygen atoms in total. The molecule has 76 valence electrons. The Balaban J connectivity index is 1.89. The van der Waals surface area contributed by atoms with E-state index in [0.717, 1.165) is 18.4 Å². The van der Waals surface area contributed by atoms with Crippen LogP contribution in [0.1, 0.15) is 38.5 Å². The zero-order valence-electron chi connectivity index (χ0n) is 8.47. The van der Waals surface area contributed by atoms with Crippen LogP contribution in [-0.4, -0.2) is 19.1 Å². The van der Waals surface area contributed by atoms with Crippen molar-refractivity contribution in [1.29, 1.82) is 0 Å². The minimum absolute atomic E-state index is 0.433. The second kappa shape index (κ2) is 4.43. The van der Waals surface area contributed by atoms with Crippen molar-refractivity contribution in [3.63, 3.8) is 0 Å². The van der Waals surface area contributed by atoms with Gasteiger partial charge in [0.05, 0.1) is 0 Å². The van der Waals surface area contributed by atoms with Gasteiger partial charge in [-0.05, 0) is 18.4 Å². The molecule has 2 heteroatoms. The Morgan fingerprint density at radius 1 is 0.923 bits per heavy atom. The van der Waals surface area contributed by atoms with Crippen LogP contribution >= 0.6 is 0 Å². The molecule has 0 aromatic carbocycles. The first kappa shape index (κ1) is 9.47. The van der Waals surface area contributed by atoms with Crippen LogP contribution in [0.4, 0.5) is 0 Å². The van der Waals surface area contributed by atoms with Gasteiger partial charge in [0.1, 0.15) is 0 Å². The lowest BCUT2D eigenvalue weighted by molar-refractivity contribution is 0.296. The number of hydrogen-bond acceptors (Lipinski definition) is 2. The minimum atomic E-state index is 0.433. The lowest BCUT2D eigenvalue weighted by atomic mass is 9.83. The summed E-state index contributed by atoms with van der Waals surface area (Å²) in [4.78, 5) is 0. The maximum Gasteiger partial charge on any atom is 0.0208 e. The molecule has 3 N–H and O–H groups in total. The predicted molar refractivity (Wildman–Crippen MR) is 55.5 cm³/mol. The molecule has 0 radical (unpaired) electrons. The van der Waals surface area contributed by atoms with E-state index in [1.54, 1.807) is 0 Å². The fourth-order valence-corrected chi connectivity index (χ4v) is 2.97. The highest BCUT2D eigenvalue weighted by Crippen LogP contribution is 2.31. The summed E-state index contributed by atoms with van der Waals surface area (Å²) < 4.78 is 0. The van der Waals surface area contributed by atoms with Gasteiger partial charge in [0, 0.05) is 12.6 Å². The normalized spacial score (nSPS) is 37.6. The molecule has 1 aliphatic heterocycles. The highest BCUT2D eigenvalue weighted by Gasteiger charge is 2.31. The summed E-state index contributed by atoms with van der Waals surface area (Å²) in [7, 11) is 0. The second-order valence-corrected chi connectivity index (χ2v) is 4.74. The molecule has 2 fully saturated rings. The molecule has 0 spiro atoms. The van der Waals surface area contributed by atoms with Crippen LogP contribution in [0.15, 0.2) is 0 Å². The summed E-state index contributed by atoms with van der Waals surface area (Å²) in [5.74, 6) is 1.70. The summed E-state index contributed by atoms with van der Waals surface area (Å²) in [5.41, 5.74) is 6.10. The largest absolute Gasteiger partial charge is 0.326 e. The Kier molecular flexibility index (Phi) is 3.23. The first-order valence-electron chi connectivity index (χ1n) is 5.84. The molecule has 2 aliphatic rings. The average molecular weight is 182 g/mol. The standard InChI is InChI=1S/C11H22N2/c12-11-8-13-7-10(11)9-5-3-1-2-4-6-9/h9-11,13H,1-8,12H2. The molecule has 1 aliphatic carbocycles. The summed E-state index contributed by atoms with van der Waals surface area (Å²) in [6.45, 7) is 2.22. The van der Waals surface area contributed by atoms with Crippen LogP contribution in [0.5, 0.6) is 0 Å². The van der Waals surface area contributed by atoms with Gasteiger partial charge in [0.25, 0.3) is 0 Å². The van der Waals surface area contributed by atoms with Gasteiger partial charge in [0.2, 0.25) is 0 Å². The van der Waals surface area contributed by atoms with Crippen molar-refractivity contribution in [3.05, 3.63) is 0 Å². The van der Waals surface area contributed by atoms with Crippen molar-refractivity contribution >= 4 is 0 Å². The van der Waals surface area contributed by atoms with Crippen molar-refractivity contribution in [2.45, 2.75) is 44.6 Å². The Morgan fingerprint density at radius 2 is 1.62 bits per heavy atom. The van der Waals surface area contributed by atoms with E-state index in [2.05, 4.69) is 5.32 Å². The first-order valence-corrected chi connectivity index (χ1v) is 5.84. The zero-order chi connectivity index (χ0) is 9.10. The zero-order valence-corrected chi connectivity index (χ0v) is 8.47. The molecule has 2 rings (SSSR count). The van der Waals surface area contributed by atoms with E-state index in [4.69, 9.17) is 5.73 Å². The van der Waals surface area contributed by atoms with Crippen LogP contribution in [0.3, 0.4) is 0 Å². The van der Waals surface area contributed by atoms with Gasteiger partial charge in [-0.3, -0.25) is 0 Å². The Hall–Kier alpha value is -0.0800. The molecule has 0 aromatic rings. The lowest BCUT2D eigenvalue weighted by Gasteiger charge is -2.24. The Labute approximate surface area is 81.3 Å². The highest BCUT2D eigenvalue weighted by molar-refractivity contribution is 4.88. The maximum absolute atomic E-state index is 6.10. The summed E-state index contributed by atoms with van der Waals surface area (Å²) in [6, 6.07) is 0.433. The summed E-state index contributed by atoms with van der Waals surface area (Å²) >= 11 is 0. The van der Waals surface area contributed by atoms with Crippen molar-refractivity contribution < 1.29 is 0 Å². The van der Waals surface area contributed by atoms with Crippen molar-refractivity contribution in [1.82, 2.24) is 5.32 Å². The van der Waals surface area contributed by atoms with Crippen molar-refractivity contribution in [2.75, 3.05) is 13.1 Å². The van der Waals surface area contributed by atoms with E-state index < -0.39 is 0 Å². The second-order valence-electron chi connectivity index (χ2n) is 4.74. The molecule has 1 saturated carbocycles. The fourth-order valence-electron chi connectivity index (χ4n) is 2.97. The van der Waals surface area contributed by atoms with Gasteiger partial charge < -0.3 is 11.1 Å². The number of hydrogen-bond donors (Lipinski definition) is 2. The molecule has 0 bridgehead atoms. The van der Waals surface area contributed by atoms with Gasteiger partial charge in [-0.2, -0.15) is 0 Å². The van der Waals surface area contributed by atoms with Crippen LogP contribution in [0.2, 0.25) is 0 Å². The molecule has 0 amide bonds. The SMILES string of the molecule is NC1CNCC1C1CCCCCC1. The quantitative estimate of drug-likeness (QED) is 0.603. The molecule has 1 saturated heterocycles. The van der Waals surface area contributed by atoms with Crippen molar-refractivity contribution in [3.8, 4) is 0 Å².